The lowest BCUT2D eigenvalue weighted by Crippen LogP contribution is -2.31. The number of pyridine rings is 1. The Labute approximate surface area is 156 Å². The highest BCUT2D eigenvalue weighted by Gasteiger charge is 2.44. The van der Waals surface area contributed by atoms with E-state index in [4.69, 9.17) is 11.6 Å². The normalized spacial score (nSPS) is 17.3. The standard InChI is InChI=1S/C20H19ClN2O3/c1-11(2)18(24)16-17(13-6-8-22-9-7-13)23(20(26)19(16)25)14-5-4-12(3)15(21)10-14/h4-11,17,25H,1-3H3. The van der Waals surface area contributed by atoms with Crippen molar-refractivity contribution in [3.8, 4) is 0 Å². The Bertz CT molecular complexity index is 907. The summed E-state index contributed by atoms with van der Waals surface area (Å²) in [6.45, 7) is 5.34. The van der Waals surface area contributed by atoms with E-state index in [2.05, 4.69) is 4.98 Å². The Hall–Kier alpha value is -2.66. The van der Waals surface area contributed by atoms with Crippen LogP contribution in [0.2, 0.25) is 5.02 Å². The summed E-state index contributed by atoms with van der Waals surface area (Å²) in [4.78, 5) is 31.0. The topological polar surface area (TPSA) is 70.5 Å². The van der Waals surface area contributed by atoms with Crippen LogP contribution >= 0.6 is 11.6 Å². The number of halogens is 1. The summed E-state index contributed by atoms with van der Waals surface area (Å²) >= 11 is 6.23. The van der Waals surface area contributed by atoms with Crippen LogP contribution in [0.3, 0.4) is 0 Å². The third-order valence-corrected chi connectivity index (χ3v) is 4.86. The number of nitrogens with zero attached hydrogens (tertiary/aromatic N) is 2. The molecule has 0 saturated heterocycles. The molecule has 1 unspecified atom stereocenters. The predicted octanol–water partition coefficient (Wildman–Crippen LogP) is 4.17. The number of rotatable bonds is 4. The van der Waals surface area contributed by atoms with Crippen LogP contribution in [0.1, 0.15) is 31.0 Å². The molecular weight excluding hydrogens is 352 g/mol. The van der Waals surface area contributed by atoms with Crippen molar-refractivity contribution in [1.29, 1.82) is 0 Å². The minimum absolute atomic E-state index is 0.105. The fourth-order valence-electron chi connectivity index (χ4n) is 3.03. The second-order valence-corrected chi connectivity index (χ2v) is 6.98. The summed E-state index contributed by atoms with van der Waals surface area (Å²) < 4.78 is 0. The number of aliphatic hydroxyl groups is 1. The molecule has 0 spiro atoms. The van der Waals surface area contributed by atoms with Gasteiger partial charge < -0.3 is 5.11 Å². The summed E-state index contributed by atoms with van der Waals surface area (Å²) in [5.41, 5.74) is 2.19. The smallest absolute Gasteiger partial charge is 0.294 e. The van der Waals surface area contributed by atoms with Crippen LogP contribution in [0.5, 0.6) is 0 Å². The average molecular weight is 371 g/mol. The number of Topliss-reactive ketones (excluding diaryl/α,β-unsaturated/α-hetero) is 1. The molecule has 2 aromatic rings. The van der Waals surface area contributed by atoms with Gasteiger partial charge in [0.15, 0.2) is 11.5 Å². The van der Waals surface area contributed by atoms with Gasteiger partial charge in [-0.3, -0.25) is 19.5 Å². The van der Waals surface area contributed by atoms with E-state index in [1.807, 2.05) is 6.92 Å². The lowest BCUT2D eigenvalue weighted by Gasteiger charge is -2.27. The van der Waals surface area contributed by atoms with E-state index < -0.39 is 17.7 Å². The van der Waals surface area contributed by atoms with E-state index in [1.54, 1.807) is 56.6 Å². The molecule has 5 nitrogen and oxygen atoms in total. The van der Waals surface area contributed by atoms with E-state index >= 15 is 0 Å². The molecule has 1 aromatic heterocycles. The molecule has 0 radical (unpaired) electrons. The number of ketones is 1. The van der Waals surface area contributed by atoms with E-state index in [9.17, 15) is 14.7 Å². The summed E-state index contributed by atoms with van der Waals surface area (Å²) in [5, 5.41) is 11.0. The van der Waals surface area contributed by atoms with E-state index in [0.717, 1.165) is 5.56 Å². The monoisotopic (exact) mass is 370 g/mol. The van der Waals surface area contributed by atoms with E-state index in [1.165, 1.54) is 4.90 Å². The molecule has 2 heterocycles. The molecule has 1 aliphatic rings. The third kappa shape index (κ3) is 2.99. The lowest BCUT2D eigenvalue weighted by atomic mass is 9.91. The molecule has 6 heteroatoms. The largest absolute Gasteiger partial charge is 0.503 e. The fourth-order valence-corrected chi connectivity index (χ4v) is 3.20. The molecule has 1 atom stereocenters. The first-order valence-corrected chi connectivity index (χ1v) is 8.67. The van der Waals surface area contributed by atoms with Crippen molar-refractivity contribution in [2.24, 2.45) is 5.92 Å². The lowest BCUT2D eigenvalue weighted by molar-refractivity contribution is -0.119. The second-order valence-electron chi connectivity index (χ2n) is 6.57. The van der Waals surface area contributed by atoms with Gasteiger partial charge in [-0.2, -0.15) is 0 Å². The highest BCUT2D eigenvalue weighted by atomic mass is 35.5. The Balaban J connectivity index is 2.19. The molecule has 1 aromatic carbocycles. The molecule has 1 N–H and O–H groups in total. The van der Waals surface area contributed by atoms with Crippen LogP contribution in [0.15, 0.2) is 54.1 Å². The molecule has 134 valence electrons. The van der Waals surface area contributed by atoms with E-state index in [0.29, 0.717) is 16.3 Å². The zero-order chi connectivity index (χ0) is 19.0. The maximum absolute atomic E-state index is 12.8. The number of carbonyl (C=O) groups is 2. The van der Waals surface area contributed by atoms with Gasteiger partial charge in [0, 0.05) is 29.0 Å². The number of hydrogen-bond donors (Lipinski definition) is 1. The maximum atomic E-state index is 12.8. The van der Waals surface area contributed by atoms with Crippen LogP contribution in [0.25, 0.3) is 0 Å². The van der Waals surface area contributed by atoms with Crippen LogP contribution in [0, 0.1) is 12.8 Å². The maximum Gasteiger partial charge on any atom is 0.294 e. The highest BCUT2D eigenvalue weighted by Crippen LogP contribution is 2.42. The number of aromatic nitrogens is 1. The van der Waals surface area contributed by atoms with Gasteiger partial charge >= 0.3 is 0 Å². The van der Waals surface area contributed by atoms with Gasteiger partial charge in [0.05, 0.1) is 11.6 Å². The van der Waals surface area contributed by atoms with Crippen LogP contribution in [0.4, 0.5) is 5.69 Å². The van der Waals surface area contributed by atoms with Crippen molar-refractivity contribution < 1.29 is 14.7 Å². The van der Waals surface area contributed by atoms with Crippen molar-refractivity contribution in [2.75, 3.05) is 4.90 Å². The number of amides is 1. The van der Waals surface area contributed by atoms with Gasteiger partial charge in [0.25, 0.3) is 5.91 Å². The van der Waals surface area contributed by atoms with Gasteiger partial charge in [-0.25, -0.2) is 0 Å². The van der Waals surface area contributed by atoms with Crippen molar-refractivity contribution in [3.05, 3.63) is 70.2 Å². The van der Waals surface area contributed by atoms with Crippen molar-refractivity contribution >= 4 is 29.0 Å². The Morgan fingerprint density at radius 2 is 1.88 bits per heavy atom. The summed E-state index contributed by atoms with van der Waals surface area (Å²) in [6.07, 6.45) is 3.18. The van der Waals surface area contributed by atoms with Gasteiger partial charge in [0.1, 0.15) is 0 Å². The number of aryl methyl sites for hydroxylation is 1. The highest BCUT2D eigenvalue weighted by molar-refractivity contribution is 6.31. The predicted molar refractivity (Wildman–Crippen MR) is 100 cm³/mol. The minimum Gasteiger partial charge on any atom is -0.503 e. The SMILES string of the molecule is Cc1ccc(N2C(=O)C(O)=C(C(=O)C(C)C)C2c2ccncc2)cc1Cl. The van der Waals surface area contributed by atoms with Crippen LogP contribution in [-0.2, 0) is 9.59 Å². The van der Waals surface area contributed by atoms with Crippen molar-refractivity contribution in [2.45, 2.75) is 26.8 Å². The first-order chi connectivity index (χ1) is 12.3. The second kappa shape index (κ2) is 6.92. The molecule has 0 fully saturated rings. The average Bonchev–Trinajstić information content (AvgIpc) is 2.89. The van der Waals surface area contributed by atoms with Crippen molar-refractivity contribution in [3.63, 3.8) is 0 Å². The fraction of sp³-hybridized carbons (Fsp3) is 0.250. The zero-order valence-corrected chi connectivity index (χ0v) is 15.5. The van der Waals surface area contributed by atoms with Gasteiger partial charge in [-0.1, -0.05) is 31.5 Å². The molecule has 1 amide bonds. The quantitative estimate of drug-likeness (QED) is 0.876. The van der Waals surface area contributed by atoms with Crippen molar-refractivity contribution in [1.82, 2.24) is 4.98 Å². The van der Waals surface area contributed by atoms with E-state index in [-0.39, 0.29) is 17.3 Å². The molecule has 1 aliphatic heterocycles. The van der Waals surface area contributed by atoms with Gasteiger partial charge in [-0.05, 0) is 42.3 Å². The first kappa shape index (κ1) is 18.1. The summed E-state index contributed by atoms with van der Waals surface area (Å²) in [6, 6.07) is 7.95. The first-order valence-electron chi connectivity index (χ1n) is 8.30. The van der Waals surface area contributed by atoms with Crippen LogP contribution in [-0.4, -0.2) is 21.8 Å². The molecule has 26 heavy (non-hydrogen) atoms. The number of aliphatic hydroxyl groups excluding tert-OH is 1. The minimum atomic E-state index is -0.723. The Morgan fingerprint density at radius 3 is 2.46 bits per heavy atom. The Morgan fingerprint density at radius 1 is 1.23 bits per heavy atom. The zero-order valence-electron chi connectivity index (χ0n) is 14.7. The molecule has 0 aliphatic carbocycles. The number of benzene rings is 1. The van der Waals surface area contributed by atoms with Gasteiger partial charge in [-0.15, -0.1) is 0 Å². The number of hydrogen-bond acceptors (Lipinski definition) is 4. The van der Waals surface area contributed by atoms with Gasteiger partial charge in [0.2, 0.25) is 0 Å². The van der Waals surface area contributed by atoms with Crippen LogP contribution < -0.4 is 4.90 Å². The third-order valence-electron chi connectivity index (χ3n) is 4.45. The summed E-state index contributed by atoms with van der Waals surface area (Å²) in [7, 11) is 0. The molecular formula is C20H19ClN2O3. The number of carbonyl (C=O) groups excluding carboxylic acids is 2. The molecule has 0 saturated carbocycles. The molecule has 0 bridgehead atoms. The Kier molecular flexibility index (Phi) is 4.83. The summed E-state index contributed by atoms with van der Waals surface area (Å²) in [5.74, 6) is -1.75. The number of anilines is 1. The molecule has 3 rings (SSSR count).